The molecule has 24 heavy (non-hydrogen) atoms. The minimum atomic E-state index is -0.230. The Labute approximate surface area is 146 Å². The van der Waals surface area contributed by atoms with Gasteiger partial charge in [0, 0.05) is 11.8 Å². The molecule has 0 spiro atoms. The van der Waals surface area contributed by atoms with Gasteiger partial charge in [-0.1, -0.05) is 32.4 Å². The maximum absolute atomic E-state index is 12.8. The average Bonchev–Trinajstić information content (AvgIpc) is 2.86. The van der Waals surface area contributed by atoms with Gasteiger partial charge in [0.2, 0.25) is 0 Å². The molecule has 0 aromatic heterocycles. The number of hydrogen-bond acceptors (Lipinski definition) is 2. The van der Waals surface area contributed by atoms with E-state index < -0.39 is 0 Å². The summed E-state index contributed by atoms with van der Waals surface area (Å²) >= 11 is 0. The second-order valence-electron chi connectivity index (χ2n) is 9.12. The lowest BCUT2D eigenvalue weighted by Crippen LogP contribution is -2.47. The average molecular weight is 328 g/mol. The number of hydrogen-bond donors (Lipinski definition) is 1. The van der Waals surface area contributed by atoms with Gasteiger partial charge in [0.1, 0.15) is 5.78 Å². The van der Waals surface area contributed by atoms with Crippen LogP contribution in [0, 0.1) is 22.7 Å². The molecule has 1 N–H and O–H groups in total. The predicted octanol–water partition coefficient (Wildman–Crippen LogP) is 4.97. The zero-order valence-corrected chi connectivity index (χ0v) is 15.5. The number of ketones is 1. The molecular formula is C22H32O2. The van der Waals surface area contributed by atoms with Crippen molar-refractivity contribution in [2.45, 2.75) is 84.7 Å². The van der Waals surface area contributed by atoms with E-state index in [1.807, 2.05) is 6.92 Å². The van der Waals surface area contributed by atoms with Gasteiger partial charge in [0.05, 0.1) is 6.10 Å². The van der Waals surface area contributed by atoms with Crippen LogP contribution >= 0.6 is 0 Å². The third-order valence-corrected chi connectivity index (χ3v) is 8.40. The van der Waals surface area contributed by atoms with Gasteiger partial charge in [-0.05, 0) is 79.8 Å². The zero-order chi connectivity index (χ0) is 17.1. The smallest absolute Gasteiger partial charge is 0.139 e. The van der Waals surface area contributed by atoms with Crippen LogP contribution in [0.3, 0.4) is 0 Å². The van der Waals surface area contributed by atoms with Crippen LogP contribution in [0.25, 0.3) is 0 Å². The quantitative estimate of drug-likeness (QED) is 0.777. The molecule has 0 aliphatic heterocycles. The van der Waals surface area contributed by atoms with Gasteiger partial charge in [-0.15, -0.1) is 0 Å². The molecular weight excluding hydrogens is 296 g/mol. The minimum absolute atomic E-state index is 0.110. The first-order chi connectivity index (χ1) is 11.4. The summed E-state index contributed by atoms with van der Waals surface area (Å²) in [4.78, 5) is 12.8. The molecule has 4 aliphatic rings. The van der Waals surface area contributed by atoms with Crippen molar-refractivity contribution in [1.29, 1.82) is 0 Å². The van der Waals surface area contributed by atoms with E-state index in [-0.39, 0.29) is 16.9 Å². The standard InChI is InChI=1S/C22H32O2/c1-4-20(24)22(3)12-10-19-18-7-5-14-13-15(23)6-8-16(14)17(18)9-11-21(19,22)2/h13,15,18-19,23H,4-12H2,1-3H3/t15?,18-,19+,21+,22-/m1/s1. The largest absolute Gasteiger partial charge is 0.389 e. The SMILES string of the molecule is CCC(=O)[C@@]1(C)CC[C@H]2[C@@H]3CCC4=CC(O)CCC4=C3CC[C@@]21C. The van der Waals surface area contributed by atoms with Crippen LogP contribution < -0.4 is 0 Å². The van der Waals surface area contributed by atoms with Gasteiger partial charge < -0.3 is 5.11 Å². The number of carbonyl (C=O) groups is 1. The molecule has 1 unspecified atom stereocenters. The van der Waals surface area contributed by atoms with Gasteiger partial charge in [-0.3, -0.25) is 4.79 Å². The Hall–Kier alpha value is -0.890. The second-order valence-corrected chi connectivity index (χ2v) is 9.12. The third kappa shape index (κ3) is 2.08. The lowest BCUT2D eigenvalue weighted by Gasteiger charge is -2.52. The first kappa shape index (κ1) is 16.6. The summed E-state index contributed by atoms with van der Waals surface area (Å²) in [7, 11) is 0. The summed E-state index contributed by atoms with van der Waals surface area (Å²) in [6.07, 6.45) is 11.5. The molecule has 0 amide bonds. The highest BCUT2D eigenvalue weighted by Crippen LogP contribution is 2.67. The molecule has 0 bridgehead atoms. The molecule has 132 valence electrons. The van der Waals surface area contributed by atoms with Crippen molar-refractivity contribution in [3.8, 4) is 0 Å². The first-order valence-electron chi connectivity index (χ1n) is 10.0. The van der Waals surface area contributed by atoms with Crippen LogP contribution in [-0.4, -0.2) is 17.0 Å². The van der Waals surface area contributed by atoms with E-state index in [1.54, 1.807) is 11.1 Å². The molecule has 0 radical (unpaired) electrons. The fraction of sp³-hybridized carbons (Fsp3) is 0.773. The van der Waals surface area contributed by atoms with Gasteiger partial charge in [-0.2, -0.15) is 0 Å². The molecule has 5 atom stereocenters. The maximum Gasteiger partial charge on any atom is 0.139 e. The molecule has 2 saturated carbocycles. The normalized spacial score (nSPS) is 44.5. The van der Waals surface area contributed by atoms with E-state index in [4.69, 9.17) is 0 Å². The number of aliphatic hydroxyl groups excluding tert-OH is 1. The summed E-state index contributed by atoms with van der Waals surface area (Å²) in [5, 5.41) is 9.96. The van der Waals surface area contributed by atoms with Crippen LogP contribution in [-0.2, 0) is 4.79 Å². The minimum Gasteiger partial charge on any atom is -0.389 e. The van der Waals surface area contributed by atoms with Crippen molar-refractivity contribution in [2.24, 2.45) is 22.7 Å². The molecule has 0 aromatic carbocycles. The number of carbonyl (C=O) groups excluding carboxylic acids is 1. The fourth-order valence-electron chi connectivity index (χ4n) is 6.77. The van der Waals surface area contributed by atoms with Gasteiger partial charge in [0.15, 0.2) is 0 Å². The topological polar surface area (TPSA) is 37.3 Å². The molecule has 4 aliphatic carbocycles. The second kappa shape index (κ2) is 5.56. The molecule has 0 aromatic rings. The highest BCUT2D eigenvalue weighted by Gasteiger charge is 2.61. The van der Waals surface area contributed by atoms with Gasteiger partial charge in [-0.25, -0.2) is 0 Å². The monoisotopic (exact) mass is 328 g/mol. The first-order valence-corrected chi connectivity index (χ1v) is 10.0. The van der Waals surface area contributed by atoms with Crippen LogP contribution in [0.1, 0.15) is 78.6 Å². The van der Waals surface area contributed by atoms with Crippen LogP contribution in [0.2, 0.25) is 0 Å². The van der Waals surface area contributed by atoms with Crippen molar-refractivity contribution in [3.63, 3.8) is 0 Å². The van der Waals surface area contributed by atoms with E-state index >= 15 is 0 Å². The Morgan fingerprint density at radius 1 is 1.17 bits per heavy atom. The van der Waals surface area contributed by atoms with Crippen molar-refractivity contribution >= 4 is 5.78 Å². The van der Waals surface area contributed by atoms with Gasteiger partial charge >= 0.3 is 0 Å². The highest BCUT2D eigenvalue weighted by molar-refractivity contribution is 5.85. The van der Waals surface area contributed by atoms with Crippen molar-refractivity contribution in [2.75, 3.05) is 0 Å². The summed E-state index contributed by atoms with van der Waals surface area (Å²) in [5.74, 6) is 1.86. The Morgan fingerprint density at radius 3 is 2.71 bits per heavy atom. The fourth-order valence-corrected chi connectivity index (χ4v) is 6.77. The van der Waals surface area contributed by atoms with Crippen molar-refractivity contribution in [3.05, 3.63) is 22.8 Å². The number of rotatable bonds is 2. The number of fused-ring (bicyclic) bond motifs is 4. The molecule has 0 heterocycles. The van der Waals surface area contributed by atoms with E-state index in [1.165, 1.54) is 31.3 Å². The summed E-state index contributed by atoms with van der Waals surface area (Å²) in [5.41, 5.74) is 4.81. The number of allylic oxidation sites excluding steroid dienone is 3. The Balaban J connectivity index is 1.71. The third-order valence-electron chi connectivity index (χ3n) is 8.40. The van der Waals surface area contributed by atoms with Crippen molar-refractivity contribution < 1.29 is 9.90 Å². The predicted molar refractivity (Wildman–Crippen MR) is 96.5 cm³/mol. The van der Waals surface area contributed by atoms with Crippen LogP contribution in [0.5, 0.6) is 0 Å². The maximum atomic E-state index is 12.8. The highest BCUT2D eigenvalue weighted by atomic mass is 16.3. The summed E-state index contributed by atoms with van der Waals surface area (Å²) < 4.78 is 0. The van der Waals surface area contributed by atoms with E-state index in [0.717, 1.165) is 25.7 Å². The molecule has 2 nitrogen and oxygen atoms in total. The van der Waals surface area contributed by atoms with E-state index in [9.17, 15) is 9.90 Å². The molecule has 2 heteroatoms. The Bertz CT molecular complexity index is 628. The molecule has 2 fully saturated rings. The van der Waals surface area contributed by atoms with Crippen LogP contribution in [0.4, 0.5) is 0 Å². The number of aliphatic hydroxyl groups is 1. The van der Waals surface area contributed by atoms with E-state index in [0.29, 0.717) is 24.0 Å². The molecule has 4 rings (SSSR count). The summed E-state index contributed by atoms with van der Waals surface area (Å²) in [6.45, 7) is 6.73. The summed E-state index contributed by atoms with van der Waals surface area (Å²) in [6, 6.07) is 0. The lowest BCUT2D eigenvalue weighted by molar-refractivity contribution is -0.136. The molecule has 0 saturated heterocycles. The zero-order valence-electron chi connectivity index (χ0n) is 15.5. The van der Waals surface area contributed by atoms with Crippen molar-refractivity contribution in [1.82, 2.24) is 0 Å². The van der Waals surface area contributed by atoms with Gasteiger partial charge in [0.25, 0.3) is 0 Å². The Kier molecular flexibility index (Phi) is 3.84. The van der Waals surface area contributed by atoms with E-state index in [2.05, 4.69) is 19.9 Å². The number of Topliss-reactive ketones (excluding diaryl/α,β-unsaturated/α-hetero) is 1. The van der Waals surface area contributed by atoms with Crippen LogP contribution in [0.15, 0.2) is 22.8 Å². The Morgan fingerprint density at radius 2 is 1.96 bits per heavy atom. The lowest BCUT2D eigenvalue weighted by atomic mass is 9.51.